The zero-order valence-corrected chi connectivity index (χ0v) is 19.8. The summed E-state index contributed by atoms with van der Waals surface area (Å²) < 4.78 is 32.8. The number of carbonyl (C=O) groups is 2. The van der Waals surface area contributed by atoms with E-state index in [-0.39, 0.29) is 24.1 Å². The van der Waals surface area contributed by atoms with Crippen LogP contribution in [-0.2, 0) is 16.1 Å². The molecule has 0 bridgehead atoms. The molecule has 35 heavy (non-hydrogen) atoms. The molecule has 2 amide bonds. The molecule has 1 aromatic heterocycles. The maximum atomic E-state index is 13.5. The smallest absolute Gasteiger partial charge is 0.387 e. The minimum absolute atomic E-state index is 0.0227. The number of halogens is 2. The summed E-state index contributed by atoms with van der Waals surface area (Å²) in [4.78, 5) is 27.0. The molecule has 2 aliphatic heterocycles. The highest BCUT2D eigenvalue weighted by Gasteiger charge is 2.41. The second-order valence-corrected chi connectivity index (χ2v) is 9.47. The third kappa shape index (κ3) is 4.07. The molecule has 0 fully saturated rings. The second-order valence-electron chi connectivity index (χ2n) is 9.47. The van der Waals surface area contributed by atoms with Crippen molar-refractivity contribution in [1.82, 2.24) is 9.47 Å². The van der Waals surface area contributed by atoms with E-state index in [9.17, 15) is 18.4 Å². The number of hydrogen-bond acceptors (Lipinski definition) is 4. The van der Waals surface area contributed by atoms with E-state index in [1.165, 1.54) is 17.9 Å². The Morgan fingerprint density at radius 3 is 2.69 bits per heavy atom. The van der Waals surface area contributed by atoms with Gasteiger partial charge in [-0.15, -0.1) is 0 Å². The van der Waals surface area contributed by atoms with Crippen molar-refractivity contribution in [3.8, 4) is 5.75 Å². The molecule has 0 radical (unpaired) electrons. The zero-order valence-electron chi connectivity index (χ0n) is 19.8. The molecular weight excluding hydrogens is 452 g/mol. The summed E-state index contributed by atoms with van der Waals surface area (Å²) in [5.74, 6) is -0.733. The fraction of sp³-hybridized carbons (Fsp3) is 0.333. The number of ether oxygens (including phenoxy) is 1. The van der Waals surface area contributed by atoms with Crippen molar-refractivity contribution in [3.05, 3.63) is 71.1 Å². The van der Waals surface area contributed by atoms with Crippen LogP contribution in [0.1, 0.15) is 44.2 Å². The number of nitrogens with one attached hydrogen (secondary N) is 1. The van der Waals surface area contributed by atoms with Gasteiger partial charge >= 0.3 is 6.61 Å². The van der Waals surface area contributed by atoms with Crippen LogP contribution in [0, 0.1) is 5.92 Å². The third-order valence-electron chi connectivity index (χ3n) is 6.68. The van der Waals surface area contributed by atoms with Gasteiger partial charge in [-0.05, 0) is 47.7 Å². The van der Waals surface area contributed by atoms with Crippen LogP contribution in [0.3, 0.4) is 0 Å². The van der Waals surface area contributed by atoms with Crippen LogP contribution >= 0.6 is 0 Å². The second kappa shape index (κ2) is 8.83. The van der Waals surface area contributed by atoms with E-state index in [2.05, 4.69) is 40.7 Å². The highest BCUT2D eigenvalue weighted by atomic mass is 19.3. The van der Waals surface area contributed by atoms with E-state index in [4.69, 9.17) is 0 Å². The Morgan fingerprint density at radius 1 is 1.20 bits per heavy atom. The first kappa shape index (κ1) is 23.1. The van der Waals surface area contributed by atoms with Crippen LogP contribution in [-0.4, -0.2) is 34.4 Å². The molecule has 5 rings (SSSR count). The van der Waals surface area contributed by atoms with E-state index in [0.717, 1.165) is 35.1 Å². The summed E-state index contributed by atoms with van der Waals surface area (Å²) in [6, 6.07) is 12.5. The minimum Gasteiger partial charge on any atom is -0.435 e. The maximum Gasteiger partial charge on any atom is 0.387 e. The molecule has 0 saturated carbocycles. The van der Waals surface area contributed by atoms with Gasteiger partial charge in [0.05, 0.1) is 17.6 Å². The molecule has 2 aromatic carbocycles. The zero-order chi connectivity index (χ0) is 24.9. The quantitative estimate of drug-likeness (QED) is 0.508. The number of benzene rings is 2. The average Bonchev–Trinajstić information content (AvgIpc) is 3.27. The molecule has 0 aliphatic carbocycles. The van der Waals surface area contributed by atoms with Crippen molar-refractivity contribution in [1.29, 1.82) is 0 Å². The Bertz CT molecular complexity index is 1360. The van der Waals surface area contributed by atoms with Gasteiger partial charge in [-0.3, -0.25) is 14.5 Å². The van der Waals surface area contributed by atoms with E-state index in [1.807, 2.05) is 18.2 Å². The van der Waals surface area contributed by atoms with Crippen molar-refractivity contribution in [2.24, 2.45) is 5.92 Å². The molecular formula is C27H27F2N3O3. The molecule has 3 heterocycles. The number of hydrogen-bond donors (Lipinski definition) is 1. The first-order chi connectivity index (χ1) is 16.7. The van der Waals surface area contributed by atoms with E-state index >= 15 is 0 Å². The molecule has 6 nitrogen and oxygen atoms in total. The Labute approximate surface area is 202 Å². The standard InChI is InChI=1S/C27H27F2N3O3/c1-15(2)10-11-31-13-19-23(17-6-4-7-18(12-17)35-27(28)29)25-21(14-32(16(3)33)26(25)34)30-20-8-5-9-22(31)24(19)20/h4-9,12-13,15,23,27,30H,10-11,14H2,1-3H3/t23-/m0/s1. The first-order valence-corrected chi connectivity index (χ1v) is 11.7. The van der Waals surface area contributed by atoms with E-state index < -0.39 is 12.5 Å². The highest BCUT2D eigenvalue weighted by Crippen LogP contribution is 2.47. The first-order valence-electron chi connectivity index (χ1n) is 11.7. The number of imide groups is 1. The topological polar surface area (TPSA) is 63.6 Å². The third-order valence-corrected chi connectivity index (χ3v) is 6.68. The normalized spacial score (nSPS) is 17.3. The van der Waals surface area contributed by atoms with E-state index in [1.54, 1.807) is 12.1 Å². The Balaban J connectivity index is 1.73. The molecule has 2 aliphatic rings. The van der Waals surface area contributed by atoms with Crippen LogP contribution < -0.4 is 10.1 Å². The monoisotopic (exact) mass is 479 g/mol. The maximum absolute atomic E-state index is 13.5. The number of nitrogens with zero attached hydrogens (tertiary/aromatic N) is 2. The SMILES string of the molecule is CC(=O)N1CC2=C(C1=O)[C@@H](c1cccc(OC(F)F)c1)c1cn(CCC(C)C)c3cccc(c13)N2. The molecule has 0 unspecified atom stereocenters. The van der Waals surface area contributed by atoms with Gasteiger partial charge in [-0.2, -0.15) is 8.78 Å². The molecule has 0 saturated heterocycles. The molecule has 182 valence electrons. The van der Waals surface area contributed by atoms with Gasteiger partial charge in [0.25, 0.3) is 5.91 Å². The largest absolute Gasteiger partial charge is 0.435 e. The van der Waals surface area contributed by atoms with Crippen LogP contribution in [0.25, 0.3) is 10.9 Å². The van der Waals surface area contributed by atoms with Gasteiger partial charge in [0.1, 0.15) is 5.75 Å². The summed E-state index contributed by atoms with van der Waals surface area (Å²) >= 11 is 0. The Hall–Kier alpha value is -3.68. The minimum atomic E-state index is -2.96. The van der Waals surface area contributed by atoms with Crippen molar-refractivity contribution in [2.75, 3.05) is 11.9 Å². The number of alkyl halides is 2. The van der Waals surface area contributed by atoms with Crippen LogP contribution in [0.5, 0.6) is 5.75 Å². The van der Waals surface area contributed by atoms with Crippen molar-refractivity contribution in [3.63, 3.8) is 0 Å². The van der Waals surface area contributed by atoms with Gasteiger partial charge in [-0.25, -0.2) is 0 Å². The van der Waals surface area contributed by atoms with Gasteiger partial charge in [0, 0.05) is 42.4 Å². The summed E-state index contributed by atoms with van der Waals surface area (Å²) in [5.41, 5.74) is 4.53. The number of carbonyl (C=O) groups excluding carboxylic acids is 2. The fourth-order valence-electron chi connectivity index (χ4n) is 5.07. The number of anilines is 1. The van der Waals surface area contributed by atoms with Gasteiger partial charge in [-0.1, -0.05) is 32.0 Å². The lowest BCUT2D eigenvalue weighted by molar-refractivity contribution is -0.139. The summed E-state index contributed by atoms with van der Waals surface area (Å²) in [5, 5.41) is 4.41. The number of rotatable bonds is 6. The summed E-state index contributed by atoms with van der Waals surface area (Å²) in [6.07, 6.45) is 3.04. The van der Waals surface area contributed by atoms with Gasteiger partial charge in [0.15, 0.2) is 0 Å². The number of amides is 2. The average molecular weight is 480 g/mol. The lowest BCUT2D eigenvalue weighted by Crippen LogP contribution is -2.33. The predicted molar refractivity (Wildman–Crippen MR) is 129 cm³/mol. The highest BCUT2D eigenvalue weighted by molar-refractivity contribution is 6.11. The number of aromatic nitrogens is 1. The predicted octanol–water partition coefficient (Wildman–Crippen LogP) is 5.49. The van der Waals surface area contributed by atoms with Crippen LogP contribution in [0.4, 0.5) is 14.5 Å². The molecule has 1 N–H and O–H groups in total. The molecule has 1 atom stereocenters. The van der Waals surface area contributed by atoms with Crippen LogP contribution in [0.2, 0.25) is 0 Å². The van der Waals surface area contributed by atoms with Crippen molar-refractivity contribution < 1.29 is 23.1 Å². The summed E-state index contributed by atoms with van der Waals surface area (Å²) in [7, 11) is 0. The van der Waals surface area contributed by atoms with Crippen LogP contribution in [0.15, 0.2) is 59.9 Å². The van der Waals surface area contributed by atoms with Crippen molar-refractivity contribution in [2.45, 2.75) is 46.3 Å². The lowest BCUT2D eigenvalue weighted by Gasteiger charge is -2.20. The molecule has 3 aromatic rings. The Morgan fingerprint density at radius 2 is 1.97 bits per heavy atom. The number of aryl methyl sites for hydroxylation is 1. The molecule has 8 heteroatoms. The van der Waals surface area contributed by atoms with Gasteiger partial charge in [0.2, 0.25) is 5.91 Å². The van der Waals surface area contributed by atoms with Crippen molar-refractivity contribution >= 4 is 28.4 Å². The van der Waals surface area contributed by atoms with Gasteiger partial charge < -0.3 is 14.6 Å². The Kier molecular flexibility index (Phi) is 5.83. The fourth-order valence-corrected chi connectivity index (χ4v) is 5.07. The summed E-state index contributed by atoms with van der Waals surface area (Å²) in [6.45, 7) is 3.70. The lowest BCUT2D eigenvalue weighted by atomic mass is 9.84. The molecule has 0 spiro atoms. The van der Waals surface area contributed by atoms with E-state index in [0.29, 0.717) is 22.8 Å².